The van der Waals surface area contributed by atoms with Gasteiger partial charge in [-0.15, -0.1) is 24.8 Å². The second kappa shape index (κ2) is 7.80. The van der Waals surface area contributed by atoms with E-state index in [-0.39, 0.29) is 30.6 Å². The molecule has 1 aromatic carbocycles. The fraction of sp³-hybridized carbons (Fsp3) is 0.235. The highest BCUT2D eigenvalue weighted by molar-refractivity contribution is 5.89. The van der Waals surface area contributed by atoms with Crippen molar-refractivity contribution in [3.8, 4) is 0 Å². The van der Waals surface area contributed by atoms with Crippen LogP contribution in [0, 0.1) is 5.82 Å². The number of aromatic nitrogens is 3. The summed E-state index contributed by atoms with van der Waals surface area (Å²) in [4.78, 5) is 17.2. The lowest BCUT2D eigenvalue weighted by atomic mass is 10.1. The van der Waals surface area contributed by atoms with Crippen LogP contribution in [0.1, 0.15) is 0 Å². The van der Waals surface area contributed by atoms with Gasteiger partial charge in [-0.3, -0.25) is 0 Å². The molecule has 0 bridgehead atoms. The van der Waals surface area contributed by atoms with Crippen molar-refractivity contribution < 1.29 is 4.39 Å². The largest absolute Gasteiger partial charge is 0.353 e. The first-order chi connectivity index (χ1) is 11.2. The van der Waals surface area contributed by atoms with Crippen LogP contribution in [0.25, 0.3) is 10.9 Å². The van der Waals surface area contributed by atoms with Crippen LogP contribution in [0.15, 0.2) is 48.9 Å². The van der Waals surface area contributed by atoms with Gasteiger partial charge in [-0.05, 0) is 30.3 Å². The lowest BCUT2D eigenvalue weighted by Gasteiger charge is -2.45. The van der Waals surface area contributed by atoms with E-state index in [1.54, 1.807) is 12.3 Å². The quantitative estimate of drug-likeness (QED) is 0.696. The number of pyridine rings is 1. The Hall–Kier alpha value is -2.18. The van der Waals surface area contributed by atoms with Gasteiger partial charge in [0.05, 0.1) is 11.6 Å². The van der Waals surface area contributed by atoms with Crippen LogP contribution >= 0.6 is 24.8 Å². The zero-order valence-electron chi connectivity index (χ0n) is 13.5. The standard InChI is InChI=1S/C17H16FN5.2ClH/c1-22(13-9-23(10-13)16-4-2-3-7-19-16)17-14-8-12(18)5-6-15(14)20-11-21-17;;/h2-8,11,13H,9-10H2,1H3;2*1H. The minimum absolute atomic E-state index is 0. The summed E-state index contributed by atoms with van der Waals surface area (Å²) in [6, 6.07) is 10.8. The number of likely N-dealkylation sites (N-methyl/N-ethyl adjacent to an activating group) is 1. The number of halogens is 3. The van der Waals surface area contributed by atoms with Crippen LogP contribution in [0.3, 0.4) is 0 Å². The molecule has 25 heavy (non-hydrogen) atoms. The molecule has 1 aliphatic heterocycles. The molecule has 1 saturated heterocycles. The van der Waals surface area contributed by atoms with E-state index in [1.165, 1.54) is 18.5 Å². The van der Waals surface area contributed by atoms with E-state index in [4.69, 9.17) is 0 Å². The zero-order valence-corrected chi connectivity index (χ0v) is 15.2. The Morgan fingerprint density at radius 2 is 1.88 bits per heavy atom. The van der Waals surface area contributed by atoms with Crippen LogP contribution in [-0.2, 0) is 0 Å². The molecule has 0 radical (unpaired) electrons. The molecule has 132 valence electrons. The molecule has 0 atom stereocenters. The second-order valence-electron chi connectivity index (χ2n) is 5.72. The number of hydrogen-bond acceptors (Lipinski definition) is 5. The van der Waals surface area contributed by atoms with Crippen molar-refractivity contribution >= 4 is 47.4 Å². The average Bonchev–Trinajstić information content (AvgIpc) is 2.53. The Labute approximate surface area is 157 Å². The molecule has 0 unspecified atom stereocenters. The van der Waals surface area contributed by atoms with E-state index >= 15 is 0 Å². The molecule has 0 saturated carbocycles. The lowest BCUT2D eigenvalue weighted by molar-refractivity contribution is 0.490. The molecule has 3 aromatic rings. The first-order valence-corrected chi connectivity index (χ1v) is 7.51. The van der Waals surface area contributed by atoms with Crippen LogP contribution < -0.4 is 9.80 Å². The summed E-state index contributed by atoms with van der Waals surface area (Å²) in [5, 5.41) is 0.742. The molecule has 1 aliphatic rings. The first kappa shape index (κ1) is 19.1. The number of nitrogens with zero attached hydrogens (tertiary/aromatic N) is 5. The predicted molar refractivity (Wildman–Crippen MR) is 103 cm³/mol. The summed E-state index contributed by atoms with van der Waals surface area (Å²) in [6.07, 6.45) is 3.33. The fourth-order valence-corrected chi connectivity index (χ4v) is 2.90. The second-order valence-corrected chi connectivity index (χ2v) is 5.72. The van der Waals surface area contributed by atoms with E-state index in [0.717, 1.165) is 35.6 Å². The van der Waals surface area contributed by atoms with Gasteiger partial charge in [-0.2, -0.15) is 0 Å². The Morgan fingerprint density at radius 1 is 1.08 bits per heavy atom. The summed E-state index contributed by atoms with van der Waals surface area (Å²) in [6.45, 7) is 1.74. The van der Waals surface area contributed by atoms with Crippen molar-refractivity contribution in [3.05, 3.63) is 54.7 Å². The molecule has 0 spiro atoms. The maximum Gasteiger partial charge on any atom is 0.140 e. The lowest BCUT2D eigenvalue weighted by Crippen LogP contribution is -2.59. The van der Waals surface area contributed by atoms with Gasteiger partial charge < -0.3 is 9.80 Å². The summed E-state index contributed by atoms with van der Waals surface area (Å²) >= 11 is 0. The van der Waals surface area contributed by atoms with E-state index in [9.17, 15) is 4.39 Å². The average molecular weight is 382 g/mol. The van der Waals surface area contributed by atoms with E-state index in [0.29, 0.717) is 6.04 Å². The minimum Gasteiger partial charge on any atom is -0.353 e. The molecule has 1 fully saturated rings. The number of hydrogen-bond donors (Lipinski definition) is 0. The molecule has 0 aliphatic carbocycles. The van der Waals surface area contributed by atoms with Crippen LogP contribution in [-0.4, -0.2) is 41.1 Å². The molecule has 0 amide bonds. The molecule has 0 N–H and O–H groups in total. The maximum atomic E-state index is 13.6. The van der Waals surface area contributed by atoms with Gasteiger partial charge in [-0.25, -0.2) is 19.3 Å². The van der Waals surface area contributed by atoms with Crippen molar-refractivity contribution in [3.63, 3.8) is 0 Å². The monoisotopic (exact) mass is 381 g/mol. The van der Waals surface area contributed by atoms with Gasteiger partial charge in [0, 0.05) is 31.7 Å². The van der Waals surface area contributed by atoms with Gasteiger partial charge >= 0.3 is 0 Å². The van der Waals surface area contributed by atoms with Crippen molar-refractivity contribution in [2.24, 2.45) is 0 Å². The van der Waals surface area contributed by atoms with Gasteiger partial charge in [0.2, 0.25) is 0 Å². The Kier molecular flexibility index (Phi) is 5.98. The van der Waals surface area contributed by atoms with Crippen LogP contribution in [0.2, 0.25) is 0 Å². The van der Waals surface area contributed by atoms with Gasteiger partial charge in [-0.1, -0.05) is 6.07 Å². The smallest absolute Gasteiger partial charge is 0.140 e. The summed E-state index contributed by atoms with van der Waals surface area (Å²) in [5.41, 5.74) is 0.754. The molecule has 4 rings (SSSR count). The van der Waals surface area contributed by atoms with Crippen LogP contribution in [0.4, 0.5) is 16.0 Å². The van der Waals surface area contributed by atoms with E-state index in [2.05, 4.69) is 24.8 Å². The molecule has 3 heterocycles. The number of benzene rings is 1. The van der Waals surface area contributed by atoms with E-state index < -0.39 is 0 Å². The number of rotatable bonds is 3. The van der Waals surface area contributed by atoms with Gasteiger partial charge in [0.15, 0.2) is 0 Å². The minimum atomic E-state index is -0.273. The Bertz CT molecular complexity index is 843. The Morgan fingerprint density at radius 3 is 2.60 bits per heavy atom. The van der Waals surface area contributed by atoms with Crippen LogP contribution in [0.5, 0.6) is 0 Å². The fourth-order valence-electron chi connectivity index (χ4n) is 2.90. The summed E-state index contributed by atoms with van der Waals surface area (Å²) in [7, 11) is 1.99. The molecular formula is C17H18Cl2FN5. The Balaban J connectivity index is 0.00000113. The molecule has 8 heteroatoms. The molecular weight excluding hydrogens is 364 g/mol. The van der Waals surface area contributed by atoms with E-state index in [1.807, 2.05) is 25.2 Å². The number of anilines is 2. The predicted octanol–water partition coefficient (Wildman–Crippen LogP) is 3.33. The summed E-state index contributed by atoms with van der Waals surface area (Å²) < 4.78 is 13.6. The highest BCUT2D eigenvalue weighted by Gasteiger charge is 2.32. The van der Waals surface area contributed by atoms with Gasteiger partial charge in [0.1, 0.15) is 23.8 Å². The third-order valence-corrected chi connectivity index (χ3v) is 4.29. The molecule has 5 nitrogen and oxygen atoms in total. The highest BCUT2D eigenvalue weighted by atomic mass is 35.5. The third kappa shape index (κ3) is 3.60. The highest BCUT2D eigenvalue weighted by Crippen LogP contribution is 2.28. The molecule has 2 aromatic heterocycles. The van der Waals surface area contributed by atoms with Gasteiger partial charge in [0.25, 0.3) is 0 Å². The third-order valence-electron chi connectivity index (χ3n) is 4.29. The van der Waals surface area contributed by atoms with Crippen molar-refractivity contribution in [2.45, 2.75) is 6.04 Å². The van der Waals surface area contributed by atoms with Crippen molar-refractivity contribution in [1.82, 2.24) is 15.0 Å². The SMILES string of the molecule is CN(c1ncnc2ccc(F)cc12)C1CN(c2ccccn2)C1.Cl.Cl. The topological polar surface area (TPSA) is 45.2 Å². The van der Waals surface area contributed by atoms with Crippen molar-refractivity contribution in [1.29, 1.82) is 0 Å². The summed E-state index contributed by atoms with van der Waals surface area (Å²) in [5.74, 6) is 1.47. The normalized spacial score (nSPS) is 13.6. The zero-order chi connectivity index (χ0) is 15.8. The maximum absolute atomic E-state index is 13.6. The number of fused-ring (bicyclic) bond motifs is 1. The van der Waals surface area contributed by atoms with Crippen molar-refractivity contribution in [2.75, 3.05) is 29.9 Å². The first-order valence-electron chi connectivity index (χ1n) is 7.51.